The van der Waals surface area contributed by atoms with E-state index in [0.717, 1.165) is 0 Å². The number of Topliss-reactive ketones (excluding diaryl/α,β-unsaturated/α-hetero) is 1. The first-order valence-electron chi connectivity index (χ1n) is 3.89. The van der Waals surface area contributed by atoms with Gasteiger partial charge in [-0.05, 0) is 18.2 Å². The van der Waals surface area contributed by atoms with Crippen LogP contribution in [0, 0.1) is 0 Å². The molecule has 1 aliphatic heterocycles. The minimum Gasteiger partial charge on any atom is -0.399 e. The van der Waals surface area contributed by atoms with Crippen molar-refractivity contribution in [2.24, 2.45) is 0 Å². The number of nitrogen functional groups attached to an aromatic ring is 1. The predicted molar refractivity (Wildman–Crippen MR) is 48.4 cm³/mol. The topological polar surface area (TPSA) is 72.2 Å². The predicted octanol–water partition coefficient (Wildman–Crippen LogP) is 0.794. The van der Waals surface area contributed by atoms with Crippen molar-refractivity contribution in [3.8, 4) is 0 Å². The molecule has 0 bridgehead atoms. The second kappa shape index (κ2) is 2.58. The Morgan fingerprint density at radius 3 is 2.85 bits per heavy atom. The largest absolute Gasteiger partial charge is 0.399 e. The van der Waals surface area contributed by atoms with Crippen molar-refractivity contribution in [2.75, 3.05) is 11.1 Å². The number of nitrogens with one attached hydrogen (secondary N) is 1. The molecule has 1 aliphatic rings. The smallest absolute Gasteiger partial charge is 0.232 e. The molecule has 2 rings (SSSR count). The van der Waals surface area contributed by atoms with Gasteiger partial charge in [-0.15, -0.1) is 0 Å². The van der Waals surface area contributed by atoms with E-state index in [0.29, 0.717) is 16.9 Å². The highest BCUT2D eigenvalue weighted by molar-refractivity contribution is 6.18. The van der Waals surface area contributed by atoms with Crippen LogP contribution >= 0.6 is 0 Å². The van der Waals surface area contributed by atoms with Gasteiger partial charge in [0.25, 0.3) is 0 Å². The van der Waals surface area contributed by atoms with Gasteiger partial charge >= 0.3 is 0 Å². The summed E-state index contributed by atoms with van der Waals surface area (Å²) in [7, 11) is 0. The minimum absolute atomic E-state index is 0.0725. The Morgan fingerprint density at radius 1 is 1.31 bits per heavy atom. The molecule has 4 heteroatoms. The van der Waals surface area contributed by atoms with Crippen LogP contribution in [0.1, 0.15) is 16.8 Å². The molecule has 0 saturated heterocycles. The molecule has 1 aromatic rings. The molecule has 0 fully saturated rings. The monoisotopic (exact) mass is 176 g/mol. The Hall–Kier alpha value is -1.84. The van der Waals surface area contributed by atoms with Gasteiger partial charge in [-0.3, -0.25) is 9.59 Å². The molecule has 0 spiro atoms. The summed E-state index contributed by atoms with van der Waals surface area (Å²) in [5.41, 5.74) is 7.10. The fraction of sp³-hybridized carbons (Fsp3) is 0.111. The molecule has 1 aromatic carbocycles. The number of ketones is 1. The SMILES string of the molecule is Nc1ccc2c(c1)NC(=O)CC2=O. The van der Waals surface area contributed by atoms with Crippen molar-refractivity contribution < 1.29 is 9.59 Å². The Balaban J connectivity index is 2.55. The third-order valence-electron chi connectivity index (χ3n) is 1.94. The number of hydrogen-bond donors (Lipinski definition) is 2. The van der Waals surface area contributed by atoms with Crippen LogP contribution in [0.4, 0.5) is 11.4 Å². The van der Waals surface area contributed by atoms with E-state index in [2.05, 4.69) is 5.32 Å². The number of carbonyl (C=O) groups excluding carboxylic acids is 2. The summed E-state index contributed by atoms with van der Waals surface area (Å²) < 4.78 is 0. The summed E-state index contributed by atoms with van der Waals surface area (Å²) in [6, 6.07) is 4.87. The van der Waals surface area contributed by atoms with Crippen LogP contribution in [0.15, 0.2) is 18.2 Å². The summed E-state index contributed by atoms with van der Waals surface area (Å²) in [5.74, 6) is -0.429. The summed E-state index contributed by atoms with van der Waals surface area (Å²) in [5, 5.41) is 2.59. The molecule has 1 heterocycles. The highest BCUT2D eigenvalue weighted by Gasteiger charge is 2.21. The summed E-state index contributed by atoms with van der Waals surface area (Å²) in [6.45, 7) is 0. The number of nitrogens with two attached hydrogens (primary N) is 1. The molecule has 13 heavy (non-hydrogen) atoms. The first kappa shape index (κ1) is 7.79. The van der Waals surface area contributed by atoms with Crippen LogP contribution in [0.2, 0.25) is 0 Å². The Morgan fingerprint density at radius 2 is 2.08 bits per heavy atom. The van der Waals surface area contributed by atoms with Gasteiger partial charge in [0.1, 0.15) is 0 Å². The maximum absolute atomic E-state index is 11.3. The van der Waals surface area contributed by atoms with Crippen LogP contribution in [0.5, 0.6) is 0 Å². The molecule has 4 nitrogen and oxygen atoms in total. The second-order valence-electron chi connectivity index (χ2n) is 2.95. The van der Waals surface area contributed by atoms with Crippen molar-refractivity contribution in [3.05, 3.63) is 23.8 Å². The van der Waals surface area contributed by atoms with E-state index in [1.165, 1.54) is 0 Å². The lowest BCUT2D eigenvalue weighted by Gasteiger charge is -2.15. The molecule has 3 N–H and O–H groups in total. The Bertz CT molecular complexity index is 399. The standard InChI is InChI=1S/C9H8N2O2/c10-5-1-2-6-7(3-5)11-9(13)4-8(6)12/h1-3H,4,10H2,(H,11,13). The zero-order chi connectivity index (χ0) is 9.42. The average Bonchev–Trinajstić information content (AvgIpc) is 2.02. The zero-order valence-corrected chi connectivity index (χ0v) is 6.83. The van der Waals surface area contributed by atoms with Crippen molar-refractivity contribution in [1.29, 1.82) is 0 Å². The maximum atomic E-state index is 11.3. The number of benzene rings is 1. The molecule has 0 aromatic heterocycles. The lowest BCUT2D eigenvalue weighted by atomic mass is 10.0. The number of anilines is 2. The quantitative estimate of drug-likeness (QED) is 0.453. The van der Waals surface area contributed by atoms with Gasteiger partial charge in [0.05, 0.1) is 12.1 Å². The van der Waals surface area contributed by atoms with E-state index < -0.39 is 0 Å². The normalized spacial score (nSPS) is 15.1. The van der Waals surface area contributed by atoms with Gasteiger partial charge in [-0.25, -0.2) is 0 Å². The first-order chi connectivity index (χ1) is 6.16. The fourth-order valence-electron chi connectivity index (χ4n) is 1.34. The van der Waals surface area contributed by atoms with Gasteiger partial charge < -0.3 is 11.1 Å². The Kier molecular flexibility index (Phi) is 1.55. The second-order valence-corrected chi connectivity index (χ2v) is 2.95. The molecular formula is C9H8N2O2. The summed E-state index contributed by atoms with van der Waals surface area (Å²) in [6.07, 6.45) is -0.0725. The van der Waals surface area contributed by atoms with Crippen molar-refractivity contribution >= 4 is 23.1 Å². The van der Waals surface area contributed by atoms with Gasteiger partial charge in [0, 0.05) is 11.3 Å². The van der Waals surface area contributed by atoms with Crippen LogP contribution < -0.4 is 11.1 Å². The summed E-state index contributed by atoms with van der Waals surface area (Å²) in [4.78, 5) is 22.3. The zero-order valence-electron chi connectivity index (χ0n) is 6.83. The van der Waals surface area contributed by atoms with E-state index in [1.807, 2.05) is 0 Å². The van der Waals surface area contributed by atoms with E-state index in [4.69, 9.17) is 5.73 Å². The lowest BCUT2D eigenvalue weighted by Crippen LogP contribution is -2.23. The fourth-order valence-corrected chi connectivity index (χ4v) is 1.34. The first-order valence-corrected chi connectivity index (χ1v) is 3.89. The number of amides is 1. The van der Waals surface area contributed by atoms with Gasteiger partial charge in [0.15, 0.2) is 5.78 Å². The molecule has 0 saturated carbocycles. The molecule has 66 valence electrons. The highest BCUT2D eigenvalue weighted by atomic mass is 16.2. The van der Waals surface area contributed by atoms with Gasteiger partial charge in [0.2, 0.25) is 5.91 Å². The molecule has 0 aliphatic carbocycles. The molecule has 0 unspecified atom stereocenters. The Labute approximate surface area is 74.7 Å². The molecular weight excluding hydrogens is 168 g/mol. The van der Waals surface area contributed by atoms with Crippen molar-refractivity contribution in [1.82, 2.24) is 0 Å². The summed E-state index contributed by atoms with van der Waals surface area (Å²) >= 11 is 0. The minimum atomic E-state index is -0.275. The van der Waals surface area contributed by atoms with Crippen molar-refractivity contribution in [2.45, 2.75) is 6.42 Å². The molecule has 0 atom stereocenters. The lowest BCUT2D eigenvalue weighted by molar-refractivity contribution is -0.115. The van der Waals surface area contributed by atoms with E-state index in [-0.39, 0.29) is 18.1 Å². The van der Waals surface area contributed by atoms with Crippen LogP contribution in [-0.2, 0) is 4.79 Å². The third-order valence-corrected chi connectivity index (χ3v) is 1.94. The van der Waals surface area contributed by atoms with Crippen molar-refractivity contribution in [3.63, 3.8) is 0 Å². The van der Waals surface area contributed by atoms with Crippen LogP contribution in [0.25, 0.3) is 0 Å². The van der Waals surface area contributed by atoms with E-state index in [9.17, 15) is 9.59 Å². The van der Waals surface area contributed by atoms with Gasteiger partial charge in [-0.1, -0.05) is 0 Å². The van der Waals surface area contributed by atoms with E-state index >= 15 is 0 Å². The van der Waals surface area contributed by atoms with Crippen LogP contribution in [0.3, 0.4) is 0 Å². The van der Waals surface area contributed by atoms with Crippen LogP contribution in [-0.4, -0.2) is 11.7 Å². The number of rotatable bonds is 0. The van der Waals surface area contributed by atoms with Gasteiger partial charge in [-0.2, -0.15) is 0 Å². The number of hydrogen-bond acceptors (Lipinski definition) is 3. The number of carbonyl (C=O) groups is 2. The van der Waals surface area contributed by atoms with E-state index in [1.54, 1.807) is 18.2 Å². The molecule has 0 radical (unpaired) electrons. The highest BCUT2D eigenvalue weighted by Crippen LogP contribution is 2.24. The molecule has 1 amide bonds. The average molecular weight is 176 g/mol. The maximum Gasteiger partial charge on any atom is 0.232 e. The number of fused-ring (bicyclic) bond motifs is 1. The third kappa shape index (κ3) is 1.26.